The van der Waals surface area contributed by atoms with Gasteiger partial charge in [-0.1, -0.05) is 102 Å². The number of para-hydroxylation sites is 3. The predicted octanol–water partition coefficient (Wildman–Crippen LogP) is 15.4. The monoisotopic (exact) mass is 1980 g/mol. The van der Waals surface area contributed by atoms with Crippen LogP contribution in [0, 0.1) is 18.7 Å². The van der Waals surface area contributed by atoms with Crippen molar-refractivity contribution in [1.29, 1.82) is 0 Å². The summed E-state index contributed by atoms with van der Waals surface area (Å²) in [6.45, 7) is 23.3. The first-order chi connectivity index (χ1) is 66.7. The maximum atomic E-state index is 14.6. The summed E-state index contributed by atoms with van der Waals surface area (Å²) >= 11 is 0. The number of benzene rings is 4. The number of morpholine rings is 1. The van der Waals surface area contributed by atoms with Gasteiger partial charge in [0.15, 0.2) is 0 Å². The number of carbonyl (C=O) groups excluding carboxylic acids is 4. The molecule has 9 N–H and O–H groups in total. The van der Waals surface area contributed by atoms with Gasteiger partial charge in [0, 0.05) is 234 Å². The molecule has 4 aromatic carbocycles. The van der Waals surface area contributed by atoms with Crippen LogP contribution in [0.2, 0.25) is 0 Å². The van der Waals surface area contributed by atoms with Gasteiger partial charge in [0.2, 0.25) is 5.95 Å². The van der Waals surface area contributed by atoms with Gasteiger partial charge in [-0.05, 0) is 90.9 Å². The molecule has 4 amide bonds. The van der Waals surface area contributed by atoms with Gasteiger partial charge < -0.3 is 62.2 Å². The standard InChI is InChI=1S/C28H33N7O.C26H28N8O2.C24H24FN7O2.C23H23N7O.4H2S/c1-18(2)10-12-30-25-9-8-20(16-33-25)24-14-26(35-17-34-24)32-15-19(3)21-6-5-7-22-23(28(36)29-4)11-13-31-27(21)22;1-17(19-4-3-5-20-21(25(35)27-2)6-7-28-24(19)20)13-29-23-12-22(32-16-33-23)18-14-30-26(31-15-18)34-8-10-36-11-9-34;1-4-34-24-29-11-15(12-30-24)19-9-20(32-13-31-19)28-10-14(2)16-5-6-18(25)21-17(23(33)26-3)7-8-27-22(16)21;1-14(17-5-4-6-18-19(23(31)24-3)7-8-25-22(17)18)10-28-21-9-20(29-13-30-21)16-11-26-15(2)27-12-16;;;;/h5-9,11,13-14,16-19H,10,12,15H2,1-4H3,(H,29,36)(H,30,33)(H,32,34,35);3-7,12,14-17H,8-11,13H2,1-2H3,(H,27,35)(H,29,32,33);5-9,11-14H,4,10H2,1-3H3,(H,26,33)(H,28,31,32);4-9,11-14H,10H2,1-3H3,(H,24,31)(H,28,29,30);4*1H2/t19-;17-;2*14-;;;;/m1111..../s1. The zero-order valence-electron chi connectivity index (χ0n) is 80.2. The van der Waals surface area contributed by atoms with Crippen molar-refractivity contribution in [2.24, 2.45) is 5.92 Å². The molecule has 0 saturated carbocycles. The van der Waals surface area contributed by atoms with Gasteiger partial charge in [-0.3, -0.25) is 39.1 Å². The van der Waals surface area contributed by atoms with Gasteiger partial charge >= 0.3 is 6.01 Å². The summed E-state index contributed by atoms with van der Waals surface area (Å²) in [6, 6.07) is 39.5. The smallest absolute Gasteiger partial charge is 0.316 e. The number of nitrogens with one attached hydrogen (secondary N) is 9. The first kappa shape index (κ1) is 108. The second-order valence-electron chi connectivity index (χ2n) is 32.7. The fraction of sp³-hybridized carbons (Fsp3) is 0.277. The van der Waals surface area contributed by atoms with Crippen LogP contribution in [0.3, 0.4) is 0 Å². The van der Waals surface area contributed by atoms with E-state index in [1.165, 1.54) is 44.4 Å². The molecule has 40 heteroatoms. The second-order valence-corrected chi connectivity index (χ2v) is 32.7. The molecule has 1 aliphatic rings. The Morgan fingerprint density at radius 3 is 1.11 bits per heavy atom. The number of hydrogen-bond acceptors (Lipinski definition) is 31. The number of hydrogen-bond donors (Lipinski definition) is 9. The topological polar surface area (TPSA) is 443 Å². The Labute approximate surface area is 844 Å². The van der Waals surface area contributed by atoms with E-state index in [-0.39, 0.29) is 112 Å². The van der Waals surface area contributed by atoms with Crippen molar-refractivity contribution in [3.8, 4) is 51.0 Å². The molecule has 1 fully saturated rings. The van der Waals surface area contributed by atoms with Gasteiger partial charge in [0.1, 0.15) is 66.0 Å². The number of carbonyl (C=O) groups is 4. The van der Waals surface area contributed by atoms with E-state index in [4.69, 9.17) is 9.47 Å². The molecule has 732 valence electrons. The SMILES string of the molecule is CCOc1ncc(-c2cc(NC[C@@H](C)c3ccc(F)c4c(C(=O)NC)ccnc34)ncn2)cn1.CNC(=O)c1ccnc2c([C@H](C)CNc3cc(-c4ccc(NCCC(C)C)nc4)ncn3)cccc12.CNC(=O)c1ccnc2c([C@H](C)CNc3cc(-c4cnc(C)nc4)ncn3)cccc12.CNC(=O)c1ccnc2c([C@H](C)CNc3cc(-c4cnc(N5CCOCC5)nc4)ncn3)cccc12.S.S.S.S. The molecule has 1 saturated heterocycles. The Bertz CT molecular complexity index is 6870. The third-order valence-corrected chi connectivity index (χ3v) is 22.9. The van der Waals surface area contributed by atoms with Crippen molar-refractivity contribution in [2.45, 2.75) is 85.5 Å². The maximum Gasteiger partial charge on any atom is 0.316 e. The lowest BCUT2D eigenvalue weighted by Gasteiger charge is -2.26. The maximum absolute atomic E-state index is 14.6. The van der Waals surface area contributed by atoms with Crippen LogP contribution in [-0.2, 0) is 4.74 Å². The summed E-state index contributed by atoms with van der Waals surface area (Å²) in [5, 5.41) is 30.2. The Morgan fingerprint density at radius 2 is 0.738 bits per heavy atom. The summed E-state index contributed by atoms with van der Waals surface area (Å²) in [4.78, 5) is 134. The zero-order valence-corrected chi connectivity index (χ0v) is 84.2. The number of pyridine rings is 5. The Balaban J connectivity index is 0.000000192. The van der Waals surface area contributed by atoms with Crippen LogP contribution in [0.15, 0.2) is 221 Å². The molecule has 17 rings (SSSR count). The van der Waals surface area contributed by atoms with Gasteiger partial charge in [-0.25, -0.2) is 79.2 Å². The molecule has 12 aromatic heterocycles. The molecule has 35 nitrogen and oxygen atoms in total. The largest absolute Gasteiger partial charge is 0.464 e. The minimum absolute atomic E-state index is 0. The molecular weight excluding hydrogens is 1860 g/mol. The van der Waals surface area contributed by atoms with E-state index < -0.39 is 5.82 Å². The third-order valence-electron chi connectivity index (χ3n) is 22.9. The van der Waals surface area contributed by atoms with Gasteiger partial charge in [-0.2, -0.15) is 54.0 Å². The zero-order chi connectivity index (χ0) is 96.3. The minimum Gasteiger partial charge on any atom is -0.464 e. The quantitative estimate of drug-likeness (QED) is 0.0195. The van der Waals surface area contributed by atoms with Crippen molar-refractivity contribution in [1.82, 2.24) is 116 Å². The molecule has 0 unspecified atom stereocenters. The molecule has 1 aliphatic heterocycles. The fourth-order valence-electron chi connectivity index (χ4n) is 15.4. The van der Waals surface area contributed by atoms with Crippen LogP contribution in [0.25, 0.3) is 88.6 Å². The Hall–Kier alpha value is -15.0. The Kier molecular flexibility index (Phi) is 40.4. The molecule has 0 bridgehead atoms. The highest BCUT2D eigenvalue weighted by Crippen LogP contribution is 2.34. The van der Waals surface area contributed by atoms with Crippen LogP contribution >= 0.6 is 54.0 Å². The number of rotatable bonds is 31. The first-order valence-electron chi connectivity index (χ1n) is 45.1. The number of nitrogens with zero attached hydrogens (tertiary/aromatic N) is 20. The summed E-state index contributed by atoms with van der Waals surface area (Å²) < 4.78 is 25.3. The van der Waals surface area contributed by atoms with Crippen LogP contribution in [0.5, 0.6) is 6.01 Å². The molecule has 0 radical (unpaired) electrons. The van der Waals surface area contributed by atoms with Crippen molar-refractivity contribution in [3.05, 3.63) is 277 Å². The normalized spacial score (nSPS) is 12.2. The lowest BCUT2D eigenvalue weighted by Crippen LogP contribution is -2.37. The number of anilines is 6. The fourth-order valence-corrected chi connectivity index (χ4v) is 15.4. The molecular formula is C101H116FN29O6S4. The van der Waals surface area contributed by atoms with Crippen molar-refractivity contribution >= 4 is 156 Å². The minimum atomic E-state index is -0.483. The van der Waals surface area contributed by atoms with E-state index >= 15 is 0 Å². The predicted molar refractivity (Wildman–Crippen MR) is 571 cm³/mol. The van der Waals surface area contributed by atoms with Crippen LogP contribution in [0.4, 0.5) is 39.4 Å². The number of fused-ring (bicyclic) bond motifs is 4. The highest BCUT2D eigenvalue weighted by molar-refractivity contribution is 7.59. The average molecular weight is 1980 g/mol. The van der Waals surface area contributed by atoms with Crippen LogP contribution < -0.4 is 57.5 Å². The van der Waals surface area contributed by atoms with E-state index in [1.54, 1.807) is 114 Å². The van der Waals surface area contributed by atoms with E-state index in [0.717, 1.165) is 138 Å². The summed E-state index contributed by atoms with van der Waals surface area (Å²) in [5.74, 6) is 4.86. The molecule has 4 atom stereocenters. The summed E-state index contributed by atoms with van der Waals surface area (Å²) in [5.41, 5.74) is 15.4. The van der Waals surface area contributed by atoms with Gasteiger partial charge in [0.05, 0.1) is 86.9 Å². The van der Waals surface area contributed by atoms with Gasteiger partial charge in [0.25, 0.3) is 23.6 Å². The lowest BCUT2D eigenvalue weighted by molar-refractivity contribution is 0.0956. The Morgan fingerprint density at radius 1 is 0.383 bits per heavy atom. The summed E-state index contributed by atoms with van der Waals surface area (Å²) in [6.07, 6.45) is 26.0. The van der Waals surface area contributed by atoms with Crippen molar-refractivity contribution < 1.29 is 33.0 Å². The molecule has 141 heavy (non-hydrogen) atoms. The van der Waals surface area contributed by atoms with Crippen LogP contribution in [0.1, 0.15) is 148 Å². The third kappa shape index (κ3) is 27.8. The number of ether oxygens (including phenoxy) is 2. The van der Waals surface area contributed by atoms with Crippen molar-refractivity contribution in [2.75, 3.05) is 125 Å². The molecule has 0 spiro atoms. The number of aromatic nitrogens is 19. The molecule has 13 heterocycles. The summed E-state index contributed by atoms with van der Waals surface area (Å²) in [7, 11) is 6.41. The first-order valence-corrected chi connectivity index (χ1v) is 45.1. The average Bonchev–Trinajstić information content (AvgIpc) is 0.769. The van der Waals surface area contributed by atoms with E-state index in [2.05, 4.69) is 188 Å². The van der Waals surface area contributed by atoms with Gasteiger partial charge in [-0.15, -0.1) is 0 Å². The lowest BCUT2D eigenvalue weighted by atomic mass is 9.95. The molecule has 16 aromatic rings. The highest BCUT2D eigenvalue weighted by atomic mass is 32.1. The highest BCUT2D eigenvalue weighted by Gasteiger charge is 2.24. The molecule has 0 aliphatic carbocycles. The van der Waals surface area contributed by atoms with Crippen molar-refractivity contribution in [3.63, 3.8) is 0 Å². The van der Waals surface area contributed by atoms with E-state index in [1.807, 2.05) is 106 Å². The van der Waals surface area contributed by atoms with E-state index in [9.17, 15) is 23.6 Å². The number of amides is 4. The second kappa shape index (κ2) is 52.7. The number of aryl methyl sites for hydroxylation is 1. The number of halogens is 1. The van der Waals surface area contributed by atoms with E-state index in [0.29, 0.717) is 109 Å². The van der Waals surface area contributed by atoms with Crippen LogP contribution in [-0.4, -0.2) is 212 Å².